The van der Waals surface area contributed by atoms with E-state index in [0.717, 1.165) is 6.07 Å². The number of hydrogen-bond acceptors (Lipinski definition) is 2. The van der Waals surface area contributed by atoms with Crippen LogP contribution in [0.15, 0.2) is 24.3 Å². The number of carbonyl (C=O) groups is 1. The SMILES string of the molecule is CC(C)(C(=O)NCc1ccccc1C(F)(F)F)C(N)=S. The van der Waals surface area contributed by atoms with Gasteiger partial charge in [-0.1, -0.05) is 30.4 Å². The van der Waals surface area contributed by atoms with Gasteiger partial charge in [-0.05, 0) is 25.5 Å². The van der Waals surface area contributed by atoms with Gasteiger partial charge >= 0.3 is 6.18 Å². The Hall–Kier alpha value is -1.63. The lowest BCUT2D eigenvalue weighted by atomic mass is 9.92. The Bertz CT molecular complexity index is 527. The maximum absolute atomic E-state index is 12.8. The molecule has 1 aromatic carbocycles. The second-order valence-electron chi connectivity index (χ2n) is 4.83. The van der Waals surface area contributed by atoms with Crippen molar-refractivity contribution in [2.45, 2.75) is 26.6 Å². The fraction of sp³-hybridized carbons (Fsp3) is 0.385. The largest absolute Gasteiger partial charge is 0.416 e. The van der Waals surface area contributed by atoms with Crippen LogP contribution in [0.3, 0.4) is 0 Å². The van der Waals surface area contributed by atoms with Crippen molar-refractivity contribution in [3.63, 3.8) is 0 Å². The lowest BCUT2D eigenvalue weighted by Crippen LogP contribution is -2.44. The number of nitrogens with one attached hydrogen (secondary N) is 1. The molecule has 0 radical (unpaired) electrons. The second kappa shape index (κ2) is 5.78. The van der Waals surface area contributed by atoms with Crippen LogP contribution < -0.4 is 11.1 Å². The number of rotatable bonds is 4. The molecule has 0 aromatic heterocycles. The average Bonchev–Trinajstić information content (AvgIpc) is 2.34. The second-order valence-corrected chi connectivity index (χ2v) is 5.27. The monoisotopic (exact) mass is 304 g/mol. The van der Waals surface area contributed by atoms with Crippen LogP contribution in [0.2, 0.25) is 0 Å². The summed E-state index contributed by atoms with van der Waals surface area (Å²) in [6.45, 7) is 2.79. The first-order chi connectivity index (χ1) is 9.06. The zero-order valence-corrected chi connectivity index (χ0v) is 11.9. The zero-order valence-electron chi connectivity index (χ0n) is 11.0. The fourth-order valence-corrected chi connectivity index (χ4v) is 1.55. The topological polar surface area (TPSA) is 55.1 Å². The Labute approximate surface area is 120 Å². The minimum absolute atomic E-state index is 0.00732. The molecule has 0 unspecified atom stereocenters. The summed E-state index contributed by atoms with van der Waals surface area (Å²) in [5, 5.41) is 2.43. The highest BCUT2D eigenvalue weighted by Gasteiger charge is 2.34. The number of nitrogens with two attached hydrogens (primary N) is 1. The Morgan fingerprint density at radius 2 is 1.85 bits per heavy atom. The van der Waals surface area contributed by atoms with Crippen LogP contribution in [0.25, 0.3) is 0 Å². The highest BCUT2D eigenvalue weighted by molar-refractivity contribution is 7.80. The van der Waals surface area contributed by atoms with Crippen molar-refractivity contribution in [2.75, 3.05) is 0 Å². The van der Waals surface area contributed by atoms with Gasteiger partial charge in [0.25, 0.3) is 0 Å². The van der Waals surface area contributed by atoms with Gasteiger partial charge in [-0.25, -0.2) is 0 Å². The van der Waals surface area contributed by atoms with Crippen LogP contribution in [0, 0.1) is 5.41 Å². The Morgan fingerprint density at radius 1 is 1.30 bits per heavy atom. The van der Waals surface area contributed by atoms with E-state index in [1.54, 1.807) is 0 Å². The van der Waals surface area contributed by atoms with Gasteiger partial charge in [-0.15, -0.1) is 0 Å². The van der Waals surface area contributed by atoms with Crippen LogP contribution in [0.5, 0.6) is 0 Å². The maximum atomic E-state index is 12.8. The average molecular weight is 304 g/mol. The number of thiocarbonyl (C=S) groups is 1. The van der Waals surface area contributed by atoms with E-state index in [1.165, 1.54) is 32.0 Å². The third kappa shape index (κ3) is 3.69. The molecule has 0 aliphatic heterocycles. The summed E-state index contributed by atoms with van der Waals surface area (Å²) in [5.74, 6) is -0.512. The van der Waals surface area contributed by atoms with Crippen molar-refractivity contribution in [2.24, 2.45) is 11.1 Å². The molecule has 7 heteroatoms. The highest BCUT2D eigenvalue weighted by atomic mass is 32.1. The molecule has 20 heavy (non-hydrogen) atoms. The standard InChI is InChI=1S/C13H15F3N2OS/c1-12(2,10(17)20)11(19)18-7-8-5-3-4-6-9(8)13(14,15)16/h3-6H,7H2,1-2H3,(H2,17,20)(H,18,19). The molecular weight excluding hydrogens is 289 g/mol. The summed E-state index contributed by atoms with van der Waals surface area (Å²) < 4.78 is 38.3. The minimum atomic E-state index is -4.46. The van der Waals surface area contributed by atoms with Crippen molar-refractivity contribution in [1.29, 1.82) is 0 Å². The summed E-state index contributed by atoms with van der Waals surface area (Å²) in [6.07, 6.45) is -4.46. The Kier molecular flexibility index (Phi) is 4.75. The predicted octanol–water partition coefficient (Wildman–Crippen LogP) is 2.63. The molecule has 0 saturated carbocycles. The lowest BCUT2D eigenvalue weighted by molar-refractivity contribution is -0.138. The molecule has 0 atom stereocenters. The molecule has 0 aliphatic carbocycles. The van der Waals surface area contributed by atoms with Gasteiger partial charge in [0.15, 0.2) is 0 Å². The van der Waals surface area contributed by atoms with E-state index in [2.05, 4.69) is 5.32 Å². The first-order valence-corrected chi connectivity index (χ1v) is 6.21. The van der Waals surface area contributed by atoms with Gasteiger partial charge in [0.2, 0.25) is 5.91 Å². The highest BCUT2D eigenvalue weighted by Crippen LogP contribution is 2.31. The van der Waals surface area contributed by atoms with Crippen molar-refractivity contribution in [3.05, 3.63) is 35.4 Å². The smallest absolute Gasteiger partial charge is 0.392 e. The molecule has 0 aliphatic rings. The number of carbonyl (C=O) groups excluding carboxylic acids is 1. The van der Waals surface area contributed by atoms with E-state index in [1.807, 2.05) is 0 Å². The molecule has 0 saturated heterocycles. The molecule has 1 aromatic rings. The van der Waals surface area contributed by atoms with E-state index in [-0.39, 0.29) is 17.1 Å². The van der Waals surface area contributed by atoms with E-state index in [4.69, 9.17) is 18.0 Å². The molecule has 0 bridgehead atoms. The van der Waals surface area contributed by atoms with Crippen molar-refractivity contribution >= 4 is 23.1 Å². The third-order valence-electron chi connectivity index (χ3n) is 2.95. The normalized spacial score (nSPS) is 12.1. The molecule has 110 valence electrons. The van der Waals surface area contributed by atoms with Crippen LogP contribution >= 0.6 is 12.2 Å². The zero-order chi connectivity index (χ0) is 15.6. The van der Waals surface area contributed by atoms with Crippen molar-refractivity contribution < 1.29 is 18.0 Å². The van der Waals surface area contributed by atoms with Crippen molar-refractivity contribution in [3.8, 4) is 0 Å². The van der Waals surface area contributed by atoms with Gasteiger partial charge < -0.3 is 11.1 Å². The molecule has 0 spiro atoms. The Balaban J connectivity index is 2.87. The first kappa shape index (κ1) is 16.4. The Morgan fingerprint density at radius 3 is 2.35 bits per heavy atom. The molecule has 3 N–H and O–H groups in total. The molecule has 1 rings (SSSR count). The minimum Gasteiger partial charge on any atom is -0.392 e. The quantitative estimate of drug-likeness (QED) is 0.841. The van der Waals surface area contributed by atoms with Gasteiger partial charge in [0, 0.05) is 6.54 Å². The lowest BCUT2D eigenvalue weighted by Gasteiger charge is -2.22. The summed E-state index contributed by atoms with van der Waals surface area (Å²) in [6, 6.07) is 5.07. The number of alkyl halides is 3. The maximum Gasteiger partial charge on any atom is 0.416 e. The molecule has 0 heterocycles. The first-order valence-electron chi connectivity index (χ1n) is 5.80. The van der Waals surface area contributed by atoms with E-state index < -0.39 is 23.1 Å². The number of hydrogen-bond donors (Lipinski definition) is 2. The van der Waals surface area contributed by atoms with E-state index >= 15 is 0 Å². The number of amides is 1. The van der Waals surface area contributed by atoms with Crippen molar-refractivity contribution in [1.82, 2.24) is 5.32 Å². The molecule has 3 nitrogen and oxygen atoms in total. The van der Waals surface area contributed by atoms with Gasteiger partial charge in [0.1, 0.15) is 0 Å². The summed E-state index contributed by atoms with van der Waals surface area (Å²) in [4.78, 5) is 11.9. The summed E-state index contributed by atoms with van der Waals surface area (Å²) in [5.41, 5.74) is 3.54. The van der Waals surface area contributed by atoms with Gasteiger partial charge in [-0.3, -0.25) is 4.79 Å². The van der Waals surface area contributed by atoms with Gasteiger partial charge in [0.05, 0.1) is 16.0 Å². The van der Waals surface area contributed by atoms with Crippen LogP contribution in [-0.4, -0.2) is 10.9 Å². The van der Waals surface area contributed by atoms with E-state index in [0.29, 0.717) is 0 Å². The third-order valence-corrected chi connectivity index (χ3v) is 3.46. The van der Waals surface area contributed by atoms with E-state index in [9.17, 15) is 18.0 Å². The summed E-state index contributed by atoms with van der Waals surface area (Å²) >= 11 is 4.76. The number of benzene rings is 1. The van der Waals surface area contributed by atoms with Gasteiger partial charge in [-0.2, -0.15) is 13.2 Å². The molecular formula is C13H15F3N2OS. The predicted molar refractivity (Wildman–Crippen MR) is 73.9 cm³/mol. The number of halogens is 3. The molecule has 1 amide bonds. The fourth-order valence-electron chi connectivity index (χ4n) is 1.46. The van der Waals surface area contributed by atoms with Crippen LogP contribution in [0.4, 0.5) is 13.2 Å². The molecule has 0 fully saturated rings. The summed E-state index contributed by atoms with van der Waals surface area (Å²) in [7, 11) is 0. The van der Waals surface area contributed by atoms with Crippen LogP contribution in [-0.2, 0) is 17.5 Å². The van der Waals surface area contributed by atoms with Crippen LogP contribution in [0.1, 0.15) is 25.0 Å².